The van der Waals surface area contributed by atoms with Crippen LogP contribution in [0.4, 0.5) is 5.69 Å². The summed E-state index contributed by atoms with van der Waals surface area (Å²) in [7, 11) is 1.34. The minimum atomic E-state index is -0.395. The number of esters is 1. The number of hydrogen-bond acceptors (Lipinski definition) is 4. The molecule has 100 valence electrons. The van der Waals surface area contributed by atoms with Crippen molar-refractivity contribution in [1.29, 1.82) is 0 Å². The summed E-state index contributed by atoms with van der Waals surface area (Å²) in [5.41, 5.74) is 1.11. The highest BCUT2D eigenvalue weighted by Crippen LogP contribution is 2.24. The number of furan rings is 1. The first kappa shape index (κ1) is 13.5. The van der Waals surface area contributed by atoms with Crippen LogP contribution in [0.25, 0.3) is 0 Å². The Hall–Kier alpha value is -1.94. The van der Waals surface area contributed by atoms with Gasteiger partial charge in [-0.25, -0.2) is 4.79 Å². The molecule has 0 atom stereocenters. The molecule has 1 aromatic heterocycles. The van der Waals surface area contributed by atoms with E-state index in [-0.39, 0.29) is 0 Å². The van der Waals surface area contributed by atoms with Crippen molar-refractivity contribution in [3.63, 3.8) is 0 Å². The van der Waals surface area contributed by atoms with Gasteiger partial charge in [0.1, 0.15) is 11.5 Å². The van der Waals surface area contributed by atoms with Crippen LogP contribution in [-0.4, -0.2) is 13.1 Å². The molecule has 4 nitrogen and oxygen atoms in total. The first-order valence-electron chi connectivity index (χ1n) is 5.77. The van der Waals surface area contributed by atoms with Gasteiger partial charge in [0.05, 0.1) is 29.9 Å². The van der Waals surface area contributed by atoms with Crippen molar-refractivity contribution in [3.05, 3.63) is 52.4 Å². The lowest BCUT2D eigenvalue weighted by Crippen LogP contribution is -2.04. The second kappa shape index (κ2) is 5.80. The van der Waals surface area contributed by atoms with Crippen molar-refractivity contribution in [2.75, 3.05) is 12.4 Å². The van der Waals surface area contributed by atoms with Crippen molar-refractivity contribution in [1.82, 2.24) is 0 Å². The lowest BCUT2D eigenvalue weighted by Gasteiger charge is -2.08. The third-order valence-electron chi connectivity index (χ3n) is 2.64. The van der Waals surface area contributed by atoms with Crippen molar-refractivity contribution in [2.45, 2.75) is 13.5 Å². The number of carbonyl (C=O) groups excluding carboxylic acids is 1. The zero-order valence-electron chi connectivity index (χ0n) is 10.7. The molecule has 0 aliphatic carbocycles. The van der Waals surface area contributed by atoms with Crippen LogP contribution in [-0.2, 0) is 11.3 Å². The summed E-state index contributed by atoms with van der Waals surface area (Å²) in [4.78, 5) is 11.4. The summed E-state index contributed by atoms with van der Waals surface area (Å²) >= 11 is 6.07. The molecule has 0 aliphatic heterocycles. The molecule has 1 N–H and O–H groups in total. The highest BCUT2D eigenvalue weighted by molar-refractivity contribution is 6.33. The largest absolute Gasteiger partial charge is 0.465 e. The quantitative estimate of drug-likeness (QED) is 0.868. The predicted molar refractivity (Wildman–Crippen MR) is 73.6 cm³/mol. The van der Waals surface area contributed by atoms with Crippen LogP contribution in [0, 0.1) is 6.92 Å². The zero-order valence-corrected chi connectivity index (χ0v) is 11.5. The number of halogens is 1. The Morgan fingerprint density at radius 1 is 1.37 bits per heavy atom. The first-order chi connectivity index (χ1) is 9.10. The molecule has 0 aliphatic rings. The lowest BCUT2D eigenvalue weighted by molar-refractivity contribution is 0.0601. The third kappa shape index (κ3) is 3.29. The average molecular weight is 280 g/mol. The van der Waals surface area contributed by atoms with E-state index in [0.717, 1.165) is 11.5 Å². The van der Waals surface area contributed by atoms with Gasteiger partial charge in [-0.15, -0.1) is 0 Å². The van der Waals surface area contributed by atoms with E-state index in [1.807, 2.05) is 19.1 Å². The van der Waals surface area contributed by atoms with E-state index in [4.69, 9.17) is 16.0 Å². The summed E-state index contributed by atoms with van der Waals surface area (Å²) in [5, 5.41) is 3.67. The molecule has 0 bridgehead atoms. The monoisotopic (exact) mass is 279 g/mol. The highest BCUT2D eigenvalue weighted by atomic mass is 35.5. The van der Waals surface area contributed by atoms with Gasteiger partial charge in [0.15, 0.2) is 0 Å². The zero-order chi connectivity index (χ0) is 13.8. The Labute approximate surface area is 116 Å². The Morgan fingerprint density at radius 3 is 2.79 bits per heavy atom. The van der Waals surface area contributed by atoms with E-state index in [9.17, 15) is 4.79 Å². The summed E-state index contributed by atoms with van der Waals surface area (Å²) in [5.74, 6) is 1.26. The maximum Gasteiger partial charge on any atom is 0.337 e. The molecule has 5 heteroatoms. The number of anilines is 1. The fourth-order valence-corrected chi connectivity index (χ4v) is 1.85. The average Bonchev–Trinajstić information content (AvgIpc) is 2.82. The fraction of sp³-hybridized carbons (Fsp3) is 0.214. The number of rotatable bonds is 4. The maximum atomic E-state index is 11.4. The van der Waals surface area contributed by atoms with Crippen LogP contribution < -0.4 is 5.32 Å². The number of aryl methyl sites for hydroxylation is 1. The van der Waals surface area contributed by atoms with Crippen molar-refractivity contribution in [2.24, 2.45) is 0 Å². The first-order valence-corrected chi connectivity index (χ1v) is 6.15. The van der Waals surface area contributed by atoms with Crippen LogP contribution in [0.15, 0.2) is 34.7 Å². The minimum absolute atomic E-state index is 0.395. The Morgan fingerprint density at radius 2 is 2.16 bits per heavy atom. The van der Waals surface area contributed by atoms with Gasteiger partial charge in [0, 0.05) is 0 Å². The molecule has 0 unspecified atom stereocenters. The summed E-state index contributed by atoms with van der Waals surface area (Å²) in [6.45, 7) is 2.38. The lowest BCUT2D eigenvalue weighted by atomic mass is 10.2. The molecule has 0 saturated heterocycles. The number of carbonyl (C=O) groups is 1. The van der Waals surface area contributed by atoms with Crippen LogP contribution in [0.3, 0.4) is 0 Å². The Kier molecular flexibility index (Phi) is 4.12. The van der Waals surface area contributed by atoms with E-state index < -0.39 is 5.97 Å². The van der Waals surface area contributed by atoms with Gasteiger partial charge < -0.3 is 14.5 Å². The molecule has 19 heavy (non-hydrogen) atoms. The Balaban J connectivity index is 2.12. The van der Waals surface area contributed by atoms with E-state index in [1.165, 1.54) is 7.11 Å². The van der Waals surface area contributed by atoms with Crippen molar-refractivity contribution >= 4 is 23.3 Å². The van der Waals surface area contributed by atoms with Gasteiger partial charge in [-0.2, -0.15) is 0 Å². The third-order valence-corrected chi connectivity index (χ3v) is 2.97. The molecule has 0 amide bonds. The molecular weight excluding hydrogens is 266 g/mol. The SMILES string of the molecule is COC(=O)c1ccc(Cl)c(NCc2ccc(C)o2)c1. The van der Waals surface area contributed by atoms with Gasteiger partial charge in [-0.1, -0.05) is 11.6 Å². The van der Waals surface area contributed by atoms with Crippen molar-refractivity contribution < 1.29 is 13.9 Å². The van der Waals surface area contributed by atoms with Crippen LogP contribution in [0.1, 0.15) is 21.9 Å². The van der Waals surface area contributed by atoms with Gasteiger partial charge in [-0.05, 0) is 37.3 Å². The highest BCUT2D eigenvalue weighted by Gasteiger charge is 2.09. The van der Waals surface area contributed by atoms with E-state index >= 15 is 0 Å². The second-order valence-corrected chi connectivity index (χ2v) is 4.46. The summed E-state index contributed by atoms with van der Waals surface area (Å²) in [6, 6.07) is 8.72. The van der Waals surface area contributed by atoms with Gasteiger partial charge in [0.2, 0.25) is 0 Å². The van der Waals surface area contributed by atoms with E-state index in [2.05, 4.69) is 10.1 Å². The predicted octanol–water partition coefficient (Wildman–Crippen LogP) is 3.64. The molecule has 2 rings (SSSR count). The fourth-order valence-electron chi connectivity index (χ4n) is 1.67. The molecule has 0 radical (unpaired) electrons. The normalized spacial score (nSPS) is 10.3. The topological polar surface area (TPSA) is 51.5 Å². The van der Waals surface area contributed by atoms with Crippen LogP contribution in [0.5, 0.6) is 0 Å². The smallest absolute Gasteiger partial charge is 0.337 e. The molecule has 0 fully saturated rings. The number of ether oxygens (including phenoxy) is 1. The van der Waals surface area contributed by atoms with Gasteiger partial charge >= 0.3 is 5.97 Å². The second-order valence-electron chi connectivity index (χ2n) is 4.05. The number of methoxy groups -OCH3 is 1. The molecule has 1 heterocycles. The molecule has 1 aromatic carbocycles. The number of nitrogens with one attached hydrogen (secondary N) is 1. The number of hydrogen-bond donors (Lipinski definition) is 1. The van der Waals surface area contributed by atoms with E-state index in [1.54, 1.807) is 18.2 Å². The summed E-state index contributed by atoms with van der Waals surface area (Å²) < 4.78 is 10.1. The molecular formula is C14H14ClNO3. The Bertz CT molecular complexity index is 592. The van der Waals surface area contributed by atoms with E-state index in [0.29, 0.717) is 22.8 Å². The van der Waals surface area contributed by atoms with Crippen LogP contribution >= 0.6 is 11.6 Å². The van der Waals surface area contributed by atoms with Gasteiger partial charge in [0.25, 0.3) is 0 Å². The minimum Gasteiger partial charge on any atom is -0.465 e. The number of benzene rings is 1. The summed E-state index contributed by atoms with van der Waals surface area (Å²) in [6.07, 6.45) is 0. The van der Waals surface area contributed by atoms with Crippen molar-refractivity contribution in [3.8, 4) is 0 Å². The molecule has 0 spiro atoms. The maximum absolute atomic E-state index is 11.4. The van der Waals surface area contributed by atoms with Gasteiger partial charge in [-0.3, -0.25) is 0 Å². The van der Waals surface area contributed by atoms with Crippen LogP contribution in [0.2, 0.25) is 5.02 Å². The standard InChI is InChI=1S/C14H14ClNO3/c1-9-3-5-11(19-9)8-16-13-7-10(14(17)18-2)4-6-12(13)15/h3-7,16H,8H2,1-2H3. The molecule has 0 saturated carbocycles. The molecule has 2 aromatic rings.